The van der Waals surface area contributed by atoms with E-state index in [-0.39, 0.29) is 0 Å². The summed E-state index contributed by atoms with van der Waals surface area (Å²) in [6.45, 7) is 11.0. The summed E-state index contributed by atoms with van der Waals surface area (Å²) in [5.41, 5.74) is 6.78. The van der Waals surface area contributed by atoms with Crippen LogP contribution in [-0.4, -0.2) is 18.1 Å². The van der Waals surface area contributed by atoms with Gasteiger partial charge in [0.05, 0.1) is 0 Å². The highest BCUT2D eigenvalue weighted by Crippen LogP contribution is 2.35. The van der Waals surface area contributed by atoms with Gasteiger partial charge in [0.1, 0.15) is 6.17 Å². The van der Waals surface area contributed by atoms with Crippen molar-refractivity contribution in [3.8, 4) is 0 Å². The number of allylic oxidation sites excluding steroid dienone is 2. The highest BCUT2D eigenvalue weighted by molar-refractivity contribution is 5.62. The van der Waals surface area contributed by atoms with Crippen molar-refractivity contribution in [2.45, 2.75) is 40.8 Å². The van der Waals surface area contributed by atoms with Gasteiger partial charge in [0.15, 0.2) is 0 Å². The third-order valence-corrected chi connectivity index (χ3v) is 4.18. The maximum Gasteiger partial charge on any atom is 0.103 e. The van der Waals surface area contributed by atoms with Crippen LogP contribution in [0.4, 0.5) is 5.69 Å². The third kappa shape index (κ3) is 1.72. The molecule has 0 amide bonds. The zero-order valence-corrected chi connectivity index (χ0v) is 11.7. The van der Waals surface area contributed by atoms with Crippen molar-refractivity contribution in [2.75, 3.05) is 11.9 Å². The van der Waals surface area contributed by atoms with Crippen molar-refractivity contribution < 1.29 is 0 Å². The molecule has 1 atom stereocenters. The Balaban J connectivity index is 2.52. The van der Waals surface area contributed by atoms with Crippen LogP contribution in [0.15, 0.2) is 29.6 Å². The molecule has 2 nitrogen and oxygen atoms in total. The van der Waals surface area contributed by atoms with Crippen molar-refractivity contribution in [1.82, 2.24) is 4.90 Å². The molecule has 1 heterocycles. The molecule has 0 bridgehead atoms. The first-order valence-corrected chi connectivity index (χ1v) is 6.21. The molecule has 0 aromatic heterocycles. The summed E-state index contributed by atoms with van der Waals surface area (Å²) < 4.78 is 0. The largest absolute Gasteiger partial charge is 0.356 e. The number of aryl methyl sites for hydroxylation is 1. The minimum atomic E-state index is 0.399. The fraction of sp³-hybridized carbons (Fsp3) is 0.467. The molecule has 17 heavy (non-hydrogen) atoms. The normalized spacial score (nSPS) is 20.5. The molecule has 1 unspecified atom stereocenters. The Morgan fingerprint density at radius 3 is 2.18 bits per heavy atom. The summed E-state index contributed by atoms with van der Waals surface area (Å²) in [6, 6.07) is 6.54. The van der Waals surface area contributed by atoms with Gasteiger partial charge >= 0.3 is 0 Å². The van der Waals surface area contributed by atoms with E-state index in [1.165, 1.54) is 28.2 Å². The Morgan fingerprint density at radius 2 is 1.65 bits per heavy atom. The number of anilines is 1. The SMILES string of the molecule is CC1=C(C)N(c2cccc(C)c2C)C(C)N1C. The predicted molar refractivity (Wildman–Crippen MR) is 74.0 cm³/mol. The van der Waals surface area contributed by atoms with Gasteiger partial charge in [0, 0.05) is 24.1 Å². The standard InChI is InChI=1S/C15H22N2/c1-10-8-7-9-15(11(10)2)17-13(4)12(3)16(6)14(17)5/h7-9,14H,1-6H3. The lowest BCUT2D eigenvalue weighted by atomic mass is 10.1. The predicted octanol–water partition coefficient (Wildman–Crippen LogP) is 3.65. The van der Waals surface area contributed by atoms with E-state index < -0.39 is 0 Å². The lowest BCUT2D eigenvalue weighted by Gasteiger charge is -2.31. The van der Waals surface area contributed by atoms with Crippen LogP contribution in [-0.2, 0) is 0 Å². The second kappa shape index (κ2) is 4.10. The second-order valence-corrected chi connectivity index (χ2v) is 5.00. The smallest absolute Gasteiger partial charge is 0.103 e. The van der Waals surface area contributed by atoms with E-state index >= 15 is 0 Å². The first-order valence-electron chi connectivity index (χ1n) is 6.21. The number of rotatable bonds is 1. The van der Waals surface area contributed by atoms with Gasteiger partial charge in [0.2, 0.25) is 0 Å². The van der Waals surface area contributed by atoms with Gasteiger partial charge in [-0.1, -0.05) is 12.1 Å². The van der Waals surface area contributed by atoms with Crippen LogP contribution >= 0.6 is 0 Å². The van der Waals surface area contributed by atoms with Crippen LogP contribution < -0.4 is 4.90 Å². The molecule has 2 rings (SSSR count). The highest BCUT2D eigenvalue weighted by Gasteiger charge is 2.30. The van der Waals surface area contributed by atoms with E-state index in [9.17, 15) is 0 Å². The van der Waals surface area contributed by atoms with Crippen LogP contribution in [0.25, 0.3) is 0 Å². The van der Waals surface area contributed by atoms with Gasteiger partial charge in [-0.05, 0) is 51.8 Å². The van der Waals surface area contributed by atoms with Crippen molar-refractivity contribution in [1.29, 1.82) is 0 Å². The number of benzene rings is 1. The zero-order valence-electron chi connectivity index (χ0n) is 11.7. The topological polar surface area (TPSA) is 6.48 Å². The Kier molecular flexibility index (Phi) is 2.90. The van der Waals surface area contributed by atoms with E-state index in [1.807, 2.05) is 0 Å². The maximum atomic E-state index is 2.43. The Morgan fingerprint density at radius 1 is 1.00 bits per heavy atom. The molecule has 0 saturated carbocycles. The Labute approximate surface area is 105 Å². The van der Waals surface area contributed by atoms with Crippen molar-refractivity contribution in [3.63, 3.8) is 0 Å². The van der Waals surface area contributed by atoms with Crippen LogP contribution in [0.3, 0.4) is 0 Å². The molecule has 0 saturated heterocycles. The van der Waals surface area contributed by atoms with Crippen LogP contribution in [0.1, 0.15) is 31.9 Å². The Bertz CT molecular complexity index is 474. The van der Waals surface area contributed by atoms with E-state index in [4.69, 9.17) is 0 Å². The van der Waals surface area contributed by atoms with E-state index in [0.717, 1.165) is 0 Å². The lowest BCUT2D eigenvalue weighted by Crippen LogP contribution is -2.35. The van der Waals surface area contributed by atoms with E-state index in [1.54, 1.807) is 0 Å². The average molecular weight is 230 g/mol. The van der Waals surface area contributed by atoms with Gasteiger partial charge in [0.25, 0.3) is 0 Å². The first-order chi connectivity index (χ1) is 7.95. The lowest BCUT2D eigenvalue weighted by molar-refractivity contribution is 0.357. The average Bonchev–Trinajstić information content (AvgIpc) is 2.49. The molecule has 0 fully saturated rings. The third-order valence-electron chi connectivity index (χ3n) is 4.18. The molecule has 0 spiro atoms. The summed E-state index contributed by atoms with van der Waals surface area (Å²) in [6.07, 6.45) is 0.399. The van der Waals surface area contributed by atoms with Crippen molar-refractivity contribution in [3.05, 3.63) is 40.7 Å². The van der Waals surface area contributed by atoms with Gasteiger partial charge < -0.3 is 9.80 Å². The number of hydrogen-bond donors (Lipinski definition) is 0. The summed E-state index contributed by atoms with van der Waals surface area (Å²) >= 11 is 0. The zero-order chi connectivity index (χ0) is 12.7. The highest BCUT2D eigenvalue weighted by atomic mass is 15.4. The first kappa shape index (κ1) is 12.0. The molecule has 0 radical (unpaired) electrons. The molecule has 2 heteroatoms. The number of nitrogens with zero attached hydrogens (tertiary/aromatic N) is 2. The van der Waals surface area contributed by atoms with Crippen molar-refractivity contribution >= 4 is 5.69 Å². The maximum absolute atomic E-state index is 2.43. The minimum Gasteiger partial charge on any atom is -0.356 e. The number of hydrogen-bond acceptors (Lipinski definition) is 2. The molecule has 1 aliphatic rings. The second-order valence-electron chi connectivity index (χ2n) is 5.00. The van der Waals surface area contributed by atoms with Crippen LogP contribution in [0.2, 0.25) is 0 Å². The van der Waals surface area contributed by atoms with Gasteiger partial charge in [-0.3, -0.25) is 0 Å². The molecule has 1 aliphatic heterocycles. The molecular formula is C15H22N2. The van der Waals surface area contributed by atoms with Gasteiger partial charge in [-0.15, -0.1) is 0 Å². The quantitative estimate of drug-likeness (QED) is 0.726. The molecular weight excluding hydrogens is 208 g/mol. The van der Waals surface area contributed by atoms with Crippen LogP contribution in [0.5, 0.6) is 0 Å². The van der Waals surface area contributed by atoms with E-state index in [2.05, 4.69) is 69.7 Å². The summed E-state index contributed by atoms with van der Waals surface area (Å²) in [5.74, 6) is 0. The fourth-order valence-electron chi connectivity index (χ4n) is 2.54. The monoisotopic (exact) mass is 230 g/mol. The fourth-order valence-corrected chi connectivity index (χ4v) is 2.54. The van der Waals surface area contributed by atoms with Crippen LogP contribution in [0, 0.1) is 13.8 Å². The molecule has 1 aromatic rings. The van der Waals surface area contributed by atoms with E-state index in [0.29, 0.717) is 6.17 Å². The summed E-state index contributed by atoms with van der Waals surface area (Å²) in [5, 5.41) is 0. The molecule has 1 aromatic carbocycles. The molecule has 0 aliphatic carbocycles. The summed E-state index contributed by atoms with van der Waals surface area (Å²) in [4.78, 5) is 4.76. The van der Waals surface area contributed by atoms with Crippen molar-refractivity contribution in [2.24, 2.45) is 0 Å². The molecule has 0 N–H and O–H groups in total. The Hall–Kier alpha value is -1.44. The molecule has 92 valence electrons. The van der Waals surface area contributed by atoms with Gasteiger partial charge in [-0.25, -0.2) is 0 Å². The van der Waals surface area contributed by atoms with Gasteiger partial charge in [-0.2, -0.15) is 0 Å². The summed E-state index contributed by atoms with van der Waals surface area (Å²) in [7, 11) is 2.16. The minimum absolute atomic E-state index is 0.399.